The normalized spacial score (nSPS) is 30.3. The summed E-state index contributed by atoms with van der Waals surface area (Å²) in [5, 5.41) is 0.790. The lowest BCUT2D eigenvalue weighted by Gasteiger charge is -2.60. The summed E-state index contributed by atoms with van der Waals surface area (Å²) in [4.78, 5) is 4.70. The highest BCUT2D eigenvalue weighted by atomic mass is 32.2. The molecule has 0 spiro atoms. The predicted molar refractivity (Wildman–Crippen MR) is 113 cm³/mol. The van der Waals surface area contributed by atoms with Crippen LogP contribution in [-0.4, -0.2) is 47.4 Å². The van der Waals surface area contributed by atoms with E-state index >= 15 is 0 Å². The van der Waals surface area contributed by atoms with Crippen molar-refractivity contribution in [2.24, 2.45) is 0 Å². The van der Waals surface area contributed by atoms with E-state index < -0.39 is 26.7 Å². The van der Waals surface area contributed by atoms with Crippen molar-refractivity contribution >= 4 is 37.6 Å². The summed E-state index contributed by atoms with van der Waals surface area (Å²) in [5.74, 6) is 0. The molecule has 2 atom stereocenters. The van der Waals surface area contributed by atoms with Gasteiger partial charge in [-0.3, -0.25) is 4.98 Å². The molecule has 2 aromatic rings. The highest BCUT2D eigenvalue weighted by molar-refractivity contribution is 7.89. The van der Waals surface area contributed by atoms with Crippen LogP contribution < -0.4 is 0 Å². The van der Waals surface area contributed by atoms with E-state index in [-0.39, 0.29) is 5.04 Å². The number of pyridine rings is 1. The summed E-state index contributed by atoms with van der Waals surface area (Å²) in [7, 11) is -7.54. The summed E-state index contributed by atoms with van der Waals surface area (Å²) in [5.41, 5.74) is 0.889. The van der Waals surface area contributed by atoms with E-state index in [4.69, 9.17) is 4.12 Å². The Bertz CT molecular complexity index is 1000. The van der Waals surface area contributed by atoms with Crippen molar-refractivity contribution in [1.82, 2.24) is 9.29 Å². The second-order valence-corrected chi connectivity index (χ2v) is 20.3. The summed E-state index contributed by atoms with van der Waals surface area (Å²) in [6.07, 6.45) is 2.75. The average Bonchev–Trinajstić information content (AvgIpc) is 2.59. The smallest absolute Gasteiger partial charge is 0.245 e. The molecule has 1 aromatic carbocycles. The predicted octanol–water partition coefficient (Wildman–Crippen LogP) is 4.20. The standard InChI is InChI=1S/C19H28N2O3SSi2/c1-19-12-16(26(2,3)24-27(19,4)5)13-21(14-19)25(22,23)17-10-6-8-15-9-7-11-20-18(15)17/h6-11,16H,12-14H2,1-5H3/t16?,19-/m0/s1. The zero-order valence-corrected chi connectivity index (χ0v) is 19.5. The number of nitrogens with zero attached hydrogens (tertiary/aromatic N) is 2. The van der Waals surface area contributed by atoms with Crippen molar-refractivity contribution in [2.45, 2.75) is 55.0 Å². The van der Waals surface area contributed by atoms with Gasteiger partial charge in [0, 0.05) is 24.7 Å². The minimum atomic E-state index is -3.61. The number of piperidine rings is 1. The molecule has 2 saturated heterocycles. The lowest BCUT2D eigenvalue weighted by Crippen LogP contribution is -2.66. The summed E-state index contributed by atoms with van der Waals surface area (Å²) in [6.45, 7) is 12.4. The van der Waals surface area contributed by atoms with Gasteiger partial charge in [-0.25, -0.2) is 8.42 Å². The molecule has 0 aliphatic carbocycles. The van der Waals surface area contributed by atoms with Gasteiger partial charge >= 0.3 is 0 Å². The second kappa shape index (κ2) is 5.96. The Morgan fingerprint density at radius 2 is 1.89 bits per heavy atom. The molecule has 2 aliphatic heterocycles. The maximum absolute atomic E-state index is 13.7. The first-order valence-electron chi connectivity index (χ1n) is 9.50. The molecule has 4 rings (SSSR count). The Kier molecular flexibility index (Phi) is 4.25. The van der Waals surface area contributed by atoms with Crippen LogP contribution in [0.2, 0.25) is 36.8 Å². The first kappa shape index (κ1) is 19.3. The molecule has 2 fully saturated rings. The molecule has 0 amide bonds. The minimum Gasteiger partial charge on any atom is -0.455 e. The molecule has 0 saturated carbocycles. The number of rotatable bonds is 2. The van der Waals surface area contributed by atoms with Gasteiger partial charge in [0.2, 0.25) is 10.0 Å². The minimum absolute atomic E-state index is 0.0660. The molecule has 0 N–H and O–H groups in total. The fourth-order valence-electron chi connectivity index (χ4n) is 4.75. The Hall–Kier alpha value is -1.07. The lowest BCUT2D eigenvalue weighted by atomic mass is 10.00. The Morgan fingerprint density at radius 3 is 2.63 bits per heavy atom. The first-order chi connectivity index (χ1) is 12.5. The molecule has 2 bridgehead atoms. The van der Waals surface area contributed by atoms with Crippen LogP contribution in [0.5, 0.6) is 0 Å². The van der Waals surface area contributed by atoms with E-state index in [9.17, 15) is 8.42 Å². The molecule has 1 unspecified atom stereocenters. The van der Waals surface area contributed by atoms with Crippen LogP contribution >= 0.6 is 0 Å². The summed E-state index contributed by atoms with van der Waals surface area (Å²) >= 11 is 0. The number of para-hydroxylation sites is 1. The van der Waals surface area contributed by atoms with Gasteiger partial charge < -0.3 is 4.12 Å². The fourth-order valence-corrected chi connectivity index (χ4v) is 16.8. The third-order valence-corrected chi connectivity index (χ3v) is 18.4. The van der Waals surface area contributed by atoms with E-state index in [1.54, 1.807) is 16.6 Å². The molecule has 8 heteroatoms. The van der Waals surface area contributed by atoms with Gasteiger partial charge in [0.15, 0.2) is 16.6 Å². The van der Waals surface area contributed by atoms with E-state index in [1.165, 1.54) is 0 Å². The molecular weight excluding hydrogens is 392 g/mol. The largest absolute Gasteiger partial charge is 0.455 e. The number of benzene rings is 1. The summed E-state index contributed by atoms with van der Waals surface area (Å²) < 4.78 is 35.8. The highest BCUT2D eigenvalue weighted by Crippen LogP contribution is 2.57. The van der Waals surface area contributed by atoms with Crippen LogP contribution in [0, 0.1) is 0 Å². The average molecular weight is 421 g/mol. The van der Waals surface area contributed by atoms with Crippen molar-refractivity contribution < 1.29 is 12.5 Å². The highest BCUT2D eigenvalue weighted by Gasteiger charge is 2.60. The quantitative estimate of drug-likeness (QED) is 0.683. The first-order valence-corrected chi connectivity index (χ1v) is 16.8. The number of hydrogen-bond acceptors (Lipinski definition) is 4. The molecule has 1 aromatic heterocycles. The Labute approximate surface area is 164 Å². The molecule has 27 heavy (non-hydrogen) atoms. The molecule has 5 nitrogen and oxygen atoms in total. The van der Waals surface area contributed by atoms with Crippen LogP contribution in [0.15, 0.2) is 41.4 Å². The summed E-state index contributed by atoms with van der Waals surface area (Å²) in [6, 6.07) is 9.16. The maximum Gasteiger partial charge on any atom is 0.245 e. The van der Waals surface area contributed by atoms with Gasteiger partial charge in [-0.2, -0.15) is 4.31 Å². The topological polar surface area (TPSA) is 59.5 Å². The van der Waals surface area contributed by atoms with Crippen molar-refractivity contribution in [3.8, 4) is 0 Å². The number of aromatic nitrogens is 1. The molecule has 146 valence electrons. The molecule has 3 heterocycles. The zero-order valence-electron chi connectivity index (χ0n) is 16.7. The molecular formula is C19H28N2O3SSi2. The van der Waals surface area contributed by atoms with Crippen molar-refractivity contribution in [3.05, 3.63) is 36.5 Å². The lowest BCUT2D eigenvalue weighted by molar-refractivity contribution is 0.231. The van der Waals surface area contributed by atoms with Crippen molar-refractivity contribution in [3.63, 3.8) is 0 Å². The van der Waals surface area contributed by atoms with Gasteiger partial charge in [0.25, 0.3) is 0 Å². The third-order valence-electron chi connectivity index (χ3n) is 6.81. The van der Waals surface area contributed by atoms with Crippen LogP contribution in [0.3, 0.4) is 0 Å². The van der Waals surface area contributed by atoms with E-state index in [0.717, 1.165) is 11.8 Å². The van der Waals surface area contributed by atoms with E-state index in [2.05, 4.69) is 38.1 Å². The molecule has 0 radical (unpaired) electrons. The fraction of sp³-hybridized carbons (Fsp3) is 0.526. The van der Waals surface area contributed by atoms with Crippen LogP contribution in [0.4, 0.5) is 0 Å². The van der Waals surface area contributed by atoms with Crippen molar-refractivity contribution in [2.75, 3.05) is 13.1 Å². The number of sulfonamides is 1. The van der Waals surface area contributed by atoms with Crippen LogP contribution in [0.25, 0.3) is 10.9 Å². The van der Waals surface area contributed by atoms with Gasteiger partial charge in [-0.15, -0.1) is 0 Å². The van der Waals surface area contributed by atoms with Crippen LogP contribution in [-0.2, 0) is 14.1 Å². The van der Waals surface area contributed by atoms with E-state index in [0.29, 0.717) is 29.0 Å². The van der Waals surface area contributed by atoms with Crippen molar-refractivity contribution in [1.29, 1.82) is 0 Å². The Morgan fingerprint density at radius 1 is 1.19 bits per heavy atom. The zero-order chi connectivity index (χ0) is 19.7. The maximum atomic E-state index is 13.7. The van der Waals surface area contributed by atoms with Crippen LogP contribution in [0.1, 0.15) is 13.3 Å². The number of hydrogen-bond donors (Lipinski definition) is 0. The van der Waals surface area contributed by atoms with Gasteiger partial charge in [-0.1, -0.05) is 25.1 Å². The monoisotopic (exact) mass is 420 g/mol. The van der Waals surface area contributed by atoms with Gasteiger partial charge in [0.1, 0.15) is 4.90 Å². The number of fused-ring (bicyclic) bond motifs is 3. The van der Waals surface area contributed by atoms with Gasteiger partial charge in [0.05, 0.1) is 5.52 Å². The SMILES string of the molecule is C[C@]12CC(CN(S(=O)(=O)c3cccc4cccnc34)C1)[Si](C)(C)O[Si]2(C)C. The van der Waals surface area contributed by atoms with Gasteiger partial charge in [-0.05, 0) is 55.3 Å². The Balaban J connectivity index is 1.81. The molecule has 2 aliphatic rings. The third kappa shape index (κ3) is 2.93. The van der Waals surface area contributed by atoms with E-state index in [1.807, 2.05) is 24.3 Å². The second-order valence-electron chi connectivity index (χ2n) is 9.31.